The Hall–Kier alpha value is -2.37. The van der Waals surface area contributed by atoms with Crippen molar-refractivity contribution in [2.24, 2.45) is 0 Å². The van der Waals surface area contributed by atoms with Crippen molar-refractivity contribution in [2.45, 2.75) is 24.7 Å². The maximum atomic E-state index is 12.7. The minimum atomic E-state index is -1.22. The number of carboxylic acid groups (broad SMARTS) is 2. The van der Waals surface area contributed by atoms with Crippen LogP contribution in [0.5, 0.6) is 0 Å². The zero-order chi connectivity index (χ0) is 15.5. The van der Waals surface area contributed by atoms with Gasteiger partial charge >= 0.3 is 11.9 Å². The van der Waals surface area contributed by atoms with E-state index in [2.05, 4.69) is 0 Å². The molecule has 21 heavy (non-hydrogen) atoms. The molecule has 1 saturated carbocycles. The normalized spacial score (nSPS) is 15.8. The Morgan fingerprint density at radius 2 is 1.52 bits per heavy atom. The third kappa shape index (κ3) is 3.04. The maximum absolute atomic E-state index is 12.7. The largest absolute Gasteiger partial charge is 0.480 e. The van der Waals surface area contributed by atoms with E-state index in [1.807, 2.05) is 30.3 Å². The van der Waals surface area contributed by atoms with Crippen LogP contribution in [0, 0.1) is 0 Å². The van der Waals surface area contributed by atoms with Gasteiger partial charge in [-0.3, -0.25) is 14.4 Å². The second-order valence-electron chi connectivity index (χ2n) is 5.25. The molecule has 6 heteroatoms. The predicted molar refractivity (Wildman–Crippen MR) is 73.8 cm³/mol. The van der Waals surface area contributed by atoms with Gasteiger partial charge in [0, 0.05) is 0 Å². The van der Waals surface area contributed by atoms with Crippen LogP contribution in [-0.4, -0.2) is 46.0 Å². The molecule has 2 N–H and O–H groups in total. The molecule has 1 aliphatic rings. The fourth-order valence-corrected chi connectivity index (χ4v) is 2.74. The van der Waals surface area contributed by atoms with Crippen LogP contribution in [0.1, 0.15) is 24.8 Å². The van der Waals surface area contributed by atoms with Crippen LogP contribution in [0.3, 0.4) is 0 Å². The van der Waals surface area contributed by atoms with Crippen LogP contribution in [0.15, 0.2) is 30.3 Å². The summed E-state index contributed by atoms with van der Waals surface area (Å²) < 4.78 is 0. The fraction of sp³-hybridized carbons (Fsp3) is 0.400. The van der Waals surface area contributed by atoms with E-state index in [1.54, 1.807) is 0 Å². The van der Waals surface area contributed by atoms with Gasteiger partial charge in [-0.2, -0.15) is 0 Å². The lowest BCUT2D eigenvalue weighted by atomic mass is 9.63. The summed E-state index contributed by atoms with van der Waals surface area (Å²) in [6.07, 6.45) is 2.10. The van der Waals surface area contributed by atoms with Crippen molar-refractivity contribution in [1.29, 1.82) is 0 Å². The van der Waals surface area contributed by atoms with Gasteiger partial charge in [0.1, 0.15) is 13.1 Å². The van der Waals surface area contributed by atoms with Gasteiger partial charge < -0.3 is 15.1 Å². The monoisotopic (exact) mass is 291 g/mol. The first-order valence-electron chi connectivity index (χ1n) is 6.74. The van der Waals surface area contributed by atoms with Gasteiger partial charge in [0.25, 0.3) is 0 Å². The Morgan fingerprint density at radius 3 is 1.90 bits per heavy atom. The minimum absolute atomic E-state index is 0.412. The summed E-state index contributed by atoms with van der Waals surface area (Å²) in [6.45, 7) is -1.20. The van der Waals surface area contributed by atoms with Gasteiger partial charge in [-0.25, -0.2) is 0 Å². The number of hydrogen-bond acceptors (Lipinski definition) is 3. The summed E-state index contributed by atoms with van der Waals surface area (Å²) in [4.78, 5) is 35.4. The lowest BCUT2D eigenvalue weighted by Crippen LogP contribution is -2.53. The second-order valence-corrected chi connectivity index (χ2v) is 5.25. The highest BCUT2D eigenvalue weighted by atomic mass is 16.4. The van der Waals surface area contributed by atoms with E-state index in [0.29, 0.717) is 12.8 Å². The second kappa shape index (κ2) is 5.95. The van der Waals surface area contributed by atoms with E-state index >= 15 is 0 Å². The quantitative estimate of drug-likeness (QED) is 0.818. The third-order valence-corrected chi connectivity index (χ3v) is 3.88. The van der Waals surface area contributed by atoms with Crippen molar-refractivity contribution in [3.8, 4) is 0 Å². The first kappa shape index (κ1) is 15.0. The molecule has 0 radical (unpaired) electrons. The molecular formula is C15H17NO5. The highest BCUT2D eigenvalue weighted by Crippen LogP contribution is 2.45. The molecule has 1 aromatic rings. The Balaban J connectivity index is 2.29. The zero-order valence-electron chi connectivity index (χ0n) is 11.5. The SMILES string of the molecule is O=C(O)CN(CC(=O)O)C(=O)C1(c2ccccc2)CCC1. The van der Waals surface area contributed by atoms with Crippen LogP contribution in [0.25, 0.3) is 0 Å². The predicted octanol–water partition coefficient (Wildman–Crippen LogP) is 1.11. The Labute approximate surface area is 122 Å². The summed E-state index contributed by atoms with van der Waals surface area (Å²) >= 11 is 0. The van der Waals surface area contributed by atoms with Gasteiger partial charge in [-0.1, -0.05) is 36.8 Å². The summed E-state index contributed by atoms with van der Waals surface area (Å²) in [5, 5.41) is 17.8. The molecule has 1 aliphatic carbocycles. The molecule has 0 spiro atoms. The van der Waals surface area contributed by atoms with Gasteiger partial charge in [0.05, 0.1) is 5.41 Å². The molecule has 0 heterocycles. The number of nitrogens with zero attached hydrogens (tertiary/aromatic N) is 1. The standard InChI is InChI=1S/C15H17NO5/c17-12(18)9-16(10-13(19)20)14(21)15(7-4-8-15)11-5-2-1-3-6-11/h1-3,5-6H,4,7-10H2,(H,17,18)(H,19,20). The van der Waals surface area contributed by atoms with Crippen molar-refractivity contribution in [3.05, 3.63) is 35.9 Å². The Kier molecular flexibility index (Phi) is 4.26. The average Bonchev–Trinajstić information content (AvgIpc) is 2.36. The van der Waals surface area contributed by atoms with Crippen molar-refractivity contribution >= 4 is 17.8 Å². The van der Waals surface area contributed by atoms with Crippen LogP contribution in [-0.2, 0) is 19.8 Å². The topological polar surface area (TPSA) is 94.9 Å². The van der Waals surface area contributed by atoms with Gasteiger partial charge in [0.2, 0.25) is 5.91 Å². The van der Waals surface area contributed by atoms with Gasteiger partial charge in [-0.05, 0) is 18.4 Å². The van der Waals surface area contributed by atoms with Crippen LogP contribution < -0.4 is 0 Å². The first-order chi connectivity index (χ1) is 9.95. The molecule has 1 amide bonds. The molecule has 0 aromatic heterocycles. The summed E-state index contributed by atoms with van der Waals surface area (Å²) in [5.74, 6) is -2.84. The van der Waals surface area contributed by atoms with E-state index in [4.69, 9.17) is 10.2 Å². The molecule has 0 unspecified atom stereocenters. The molecule has 1 fully saturated rings. The lowest BCUT2D eigenvalue weighted by molar-refractivity contribution is -0.153. The third-order valence-electron chi connectivity index (χ3n) is 3.88. The summed E-state index contributed by atoms with van der Waals surface area (Å²) in [6, 6.07) is 9.14. The molecule has 0 saturated heterocycles. The Morgan fingerprint density at radius 1 is 1.00 bits per heavy atom. The number of rotatable bonds is 6. The van der Waals surface area contributed by atoms with Crippen molar-refractivity contribution in [1.82, 2.24) is 4.90 Å². The number of carboxylic acids is 2. The average molecular weight is 291 g/mol. The van der Waals surface area contributed by atoms with Crippen LogP contribution >= 0.6 is 0 Å². The molecule has 112 valence electrons. The van der Waals surface area contributed by atoms with Gasteiger partial charge in [-0.15, -0.1) is 0 Å². The number of amides is 1. The molecule has 2 rings (SSSR count). The molecule has 0 atom stereocenters. The summed E-state index contributed by atoms with van der Waals surface area (Å²) in [7, 11) is 0. The molecule has 0 aliphatic heterocycles. The highest BCUT2D eigenvalue weighted by molar-refractivity contribution is 5.93. The van der Waals surface area contributed by atoms with E-state index in [-0.39, 0.29) is 0 Å². The lowest BCUT2D eigenvalue weighted by Gasteiger charge is -2.43. The Bertz CT molecular complexity index is 534. The fourth-order valence-electron chi connectivity index (χ4n) is 2.74. The molecule has 6 nitrogen and oxygen atoms in total. The molecule has 1 aromatic carbocycles. The van der Waals surface area contributed by atoms with Crippen molar-refractivity contribution < 1.29 is 24.6 Å². The highest BCUT2D eigenvalue weighted by Gasteiger charge is 2.48. The van der Waals surface area contributed by atoms with E-state index in [1.165, 1.54) is 0 Å². The van der Waals surface area contributed by atoms with Crippen molar-refractivity contribution in [2.75, 3.05) is 13.1 Å². The number of hydrogen-bond donors (Lipinski definition) is 2. The summed E-state index contributed by atoms with van der Waals surface area (Å²) in [5.41, 5.74) is 0.0497. The van der Waals surface area contributed by atoms with Crippen LogP contribution in [0.4, 0.5) is 0 Å². The van der Waals surface area contributed by atoms with Crippen LogP contribution in [0.2, 0.25) is 0 Å². The van der Waals surface area contributed by atoms with E-state index in [9.17, 15) is 14.4 Å². The molecule has 0 bridgehead atoms. The maximum Gasteiger partial charge on any atom is 0.323 e. The number of benzene rings is 1. The van der Waals surface area contributed by atoms with E-state index < -0.39 is 36.4 Å². The number of carbonyl (C=O) groups is 3. The first-order valence-corrected chi connectivity index (χ1v) is 6.74. The molecular weight excluding hydrogens is 274 g/mol. The number of carbonyl (C=O) groups excluding carboxylic acids is 1. The van der Waals surface area contributed by atoms with E-state index in [0.717, 1.165) is 16.9 Å². The zero-order valence-corrected chi connectivity index (χ0v) is 11.5. The smallest absolute Gasteiger partial charge is 0.323 e. The number of aliphatic carboxylic acids is 2. The van der Waals surface area contributed by atoms with Crippen molar-refractivity contribution in [3.63, 3.8) is 0 Å². The minimum Gasteiger partial charge on any atom is -0.480 e. The van der Waals surface area contributed by atoms with Gasteiger partial charge in [0.15, 0.2) is 0 Å².